The van der Waals surface area contributed by atoms with Gasteiger partial charge in [-0.05, 0) is 36.8 Å². The summed E-state index contributed by atoms with van der Waals surface area (Å²) < 4.78 is 4.89. The maximum Gasteiger partial charge on any atom is 0.341 e. The minimum Gasteiger partial charge on any atom is -0.465 e. The first-order valence-electron chi connectivity index (χ1n) is 9.09. The van der Waals surface area contributed by atoms with Crippen molar-refractivity contribution < 1.29 is 14.3 Å². The largest absolute Gasteiger partial charge is 0.465 e. The fourth-order valence-electron chi connectivity index (χ4n) is 3.47. The molecule has 1 saturated heterocycles. The molecule has 3 rings (SSSR count). The van der Waals surface area contributed by atoms with Crippen LogP contribution < -0.4 is 4.90 Å². The summed E-state index contributed by atoms with van der Waals surface area (Å²) in [6, 6.07) is 3.59. The minimum absolute atomic E-state index is 0.128. The highest BCUT2D eigenvalue weighted by molar-refractivity contribution is 5.94. The molecule has 6 heteroatoms. The maximum atomic E-state index is 12.7. The highest BCUT2D eigenvalue weighted by atomic mass is 16.5. The van der Waals surface area contributed by atoms with Gasteiger partial charge in [0.25, 0.3) is 0 Å². The van der Waals surface area contributed by atoms with Crippen LogP contribution in [-0.2, 0) is 9.53 Å². The van der Waals surface area contributed by atoms with Crippen molar-refractivity contribution in [3.63, 3.8) is 0 Å². The van der Waals surface area contributed by atoms with Gasteiger partial charge >= 0.3 is 5.97 Å². The topological polar surface area (TPSA) is 62.7 Å². The molecule has 0 radical (unpaired) electrons. The molecule has 2 heterocycles. The maximum absolute atomic E-state index is 12.7. The Bertz CT molecular complexity index is 643. The Morgan fingerprint density at radius 2 is 2.16 bits per heavy atom. The molecule has 0 bridgehead atoms. The molecule has 0 spiro atoms. The van der Waals surface area contributed by atoms with Gasteiger partial charge in [-0.15, -0.1) is 0 Å². The second-order valence-electron chi connectivity index (χ2n) is 7.36. The Balaban J connectivity index is 1.88. The Hall–Kier alpha value is -2.11. The van der Waals surface area contributed by atoms with E-state index >= 15 is 0 Å². The first kappa shape index (κ1) is 17.7. The molecule has 1 unspecified atom stereocenters. The van der Waals surface area contributed by atoms with Crippen LogP contribution in [0.5, 0.6) is 0 Å². The Kier molecular flexibility index (Phi) is 5.25. The van der Waals surface area contributed by atoms with Gasteiger partial charge < -0.3 is 14.5 Å². The van der Waals surface area contributed by atoms with E-state index in [0.29, 0.717) is 42.7 Å². The summed E-state index contributed by atoms with van der Waals surface area (Å²) in [5, 5.41) is 0. The number of rotatable bonds is 5. The number of carbonyl (C=O) groups excluding carboxylic acids is 2. The number of hydrogen-bond donors (Lipinski definition) is 0. The fraction of sp³-hybridized carbons (Fsp3) is 0.632. The average molecular weight is 345 g/mol. The summed E-state index contributed by atoms with van der Waals surface area (Å²) >= 11 is 0. The van der Waals surface area contributed by atoms with Crippen molar-refractivity contribution in [3.8, 4) is 0 Å². The standard InChI is InChI=1S/C19H27N3O3/c1-13(2)16-12-21(10-8-17(23)22(16)11-14-6-7-14)18-15(19(24)25-3)5-4-9-20-18/h4-5,9,13-14,16H,6-8,10-12H2,1-3H3. The number of esters is 1. The Morgan fingerprint density at radius 1 is 1.40 bits per heavy atom. The van der Waals surface area contributed by atoms with Crippen LogP contribution in [-0.4, -0.2) is 54.5 Å². The van der Waals surface area contributed by atoms with E-state index in [1.165, 1.54) is 20.0 Å². The predicted octanol–water partition coefficient (Wildman–Crippen LogP) is 2.34. The number of ether oxygens (including phenoxy) is 1. The first-order valence-corrected chi connectivity index (χ1v) is 9.09. The van der Waals surface area contributed by atoms with E-state index in [1.807, 2.05) is 0 Å². The van der Waals surface area contributed by atoms with E-state index < -0.39 is 5.97 Å². The molecule has 1 atom stereocenters. The lowest BCUT2D eigenvalue weighted by Crippen LogP contribution is -2.47. The number of nitrogens with zero attached hydrogens (tertiary/aromatic N) is 3. The van der Waals surface area contributed by atoms with Crippen LogP contribution in [0.4, 0.5) is 5.82 Å². The van der Waals surface area contributed by atoms with E-state index in [9.17, 15) is 9.59 Å². The molecule has 0 aromatic carbocycles. The van der Waals surface area contributed by atoms with Gasteiger partial charge in [0.1, 0.15) is 11.4 Å². The van der Waals surface area contributed by atoms with E-state index in [-0.39, 0.29) is 11.9 Å². The van der Waals surface area contributed by atoms with Crippen LogP contribution >= 0.6 is 0 Å². The number of methoxy groups -OCH3 is 1. The number of hydrogen-bond acceptors (Lipinski definition) is 5. The molecule has 2 aliphatic rings. The molecule has 25 heavy (non-hydrogen) atoms. The van der Waals surface area contributed by atoms with Gasteiger partial charge in [0.05, 0.1) is 13.2 Å². The highest BCUT2D eigenvalue weighted by Gasteiger charge is 2.36. The number of aromatic nitrogens is 1. The van der Waals surface area contributed by atoms with Gasteiger partial charge in [0.2, 0.25) is 5.91 Å². The molecule has 1 aliphatic carbocycles. The van der Waals surface area contributed by atoms with Gasteiger partial charge in [-0.25, -0.2) is 9.78 Å². The van der Waals surface area contributed by atoms with E-state index in [0.717, 1.165) is 6.54 Å². The van der Waals surface area contributed by atoms with Crippen molar-refractivity contribution in [2.24, 2.45) is 11.8 Å². The third-order valence-electron chi connectivity index (χ3n) is 5.14. The molecule has 1 aliphatic heterocycles. The number of carbonyl (C=O) groups is 2. The molecule has 136 valence electrons. The summed E-state index contributed by atoms with van der Waals surface area (Å²) in [6.45, 7) is 6.44. The number of amides is 1. The predicted molar refractivity (Wildman–Crippen MR) is 95.5 cm³/mol. The summed E-state index contributed by atoms with van der Waals surface area (Å²) in [5.74, 6) is 1.44. The zero-order valence-electron chi connectivity index (χ0n) is 15.3. The highest BCUT2D eigenvalue weighted by Crippen LogP contribution is 2.33. The van der Waals surface area contributed by atoms with Crippen molar-refractivity contribution in [2.75, 3.05) is 31.6 Å². The zero-order valence-corrected chi connectivity index (χ0v) is 15.3. The first-order chi connectivity index (χ1) is 12.0. The molecule has 1 aromatic heterocycles. The number of pyridine rings is 1. The smallest absolute Gasteiger partial charge is 0.341 e. The van der Waals surface area contributed by atoms with Crippen molar-refractivity contribution >= 4 is 17.7 Å². The molecule has 1 aromatic rings. The monoisotopic (exact) mass is 345 g/mol. The van der Waals surface area contributed by atoms with Crippen LogP contribution in [0.15, 0.2) is 18.3 Å². The Morgan fingerprint density at radius 3 is 2.80 bits per heavy atom. The molecule has 1 amide bonds. The van der Waals surface area contributed by atoms with Crippen LogP contribution in [0.3, 0.4) is 0 Å². The van der Waals surface area contributed by atoms with Gasteiger partial charge in [0.15, 0.2) is 0 Å². The lowest BCUT2D eigenvalue weighted by Gasteiger charge is -2.35. The second-order valence-corrected chi connectivity index (χ2v) is 7.36. The third-order valence-corrected chi connectivity index (χ3v) is 5.14. The average Bonchev–Trinajstić information content (AvgIpc) is 3.44. The van der Waals surface area contributed by atoms with Crippen molar-refractivity contribution in [1.29, 1.82) is 0 Å². The van der Waals surface area contributed by atoms with Crippen LogP contribution in [0.25, 0.3) is 0 Å². The van der Waals surface area contributed by atoms with E-state index in [2.05, 4.69) is 28.6 Å². The summed E-state index contributed by atoms with van der Waals surface area (Å²) in [5.41, 5.74) is 0.454. The molecular formula is C19H27N3O3. The molecule has 0 N–H and O–H groups in total. The van der Waals surface area contributed by atoms with Crippen molar-refractivity contribution in [2.45, 2.75) is 39.2 Å². The molecule has 1 saturated carbocycles. The number of anilines is 1. The van der Waals surface area contributed by atoms with E-state index in [1.54, 1.807) is 18.3 Å². The summed E-state index contributed by atoms with van der Waals surface area (Å²) in [6.07, 6.45) is 4.59. The SMILES string of the molecule is COC(=O)c1cccnc1N1CCC(=O)N(CC2CC2)C(C(C)C)C1. The lowest BCUT2D eigenvalue weighted by atomic mass is 10.0. The quantitative estimate of drug-likeness (QED) is 0.767. The molecule has 2 fully saturated rings. The van der Waals surface area contributed by atoms with Gasteiger partial charge in [-0.3, -0.25) is 4.79 Å². The normalized spacial score (nSPS) is 21.4. The Labute approximate surface area is 149 Å². The fourth-order valence-corrected chi connectivity index (χ4v) is 3.47. The third kappa shape index (κ3) is 3.94. The van der Waals surface area contributed by atoms with Crippen molar-refractivity contribution in [3.05, 3.63) is 23.9 Å². The second kappa shape index (κ2) is 7.42. The van der Waals surface area contributed by atoms with Crippen LogP contribution in [0, 0.1) is 11.8 Å². The summed E-state index contributed by atoms with van der Waals surface area (Å²) in [7, 11) is 1.37. The minimum atomic E-state index is -0.394. The van der Waals surface area contributed by atoms with Gasteiger partial charge in [-0.2, -0.15) is 0 Å². The molecular weight excluding hydrogens is 318 g/mol. The summed E-state index contributed by atoms with van der Waals surface area (Å²) in [4.78, 5) is 33.4. The van der Waals surface area contributed by atoms with Gasteiger partial charge in [0, 0.05) is 32.3 Å². The van der Waals surface area contributed by atoms with Crippen LogP contribution in [0.1, 0.15) is 43.5 Å². The van der Waals surface area contributed by atoms with Crippen molar-refractivity contribution in [1.82, 2.24) is 9.88 Å². The zero-order chi connectivity index (χ0) is 18.0. The van der Waals surface area contributed by atoms with Gasteiger partial charge in [-0.1, -0.05) is 13.8 Å². The lowest BCUT2D eigenvalue weighted by molar-refractivity contribution is -0.133. The molecule has 6 nitrogen and oxygen atoms in total. The van der Waals surface area contributed by atoms with Crippen LogP contribution in [0.2, 0.25) is 0 Å². The van der Waals surface area contributed by atoms with E-state index in [4.69, 9.17) is 4.74 Å².